The molecule has 3 aromatic carbocycles. The first-order chi connectivity index (χ1) is 14.2. The number of aliphatic imine (C=N–C) groups is 1. The van der Waals surface area contributed by atoms with E-state index in [1.54, 1.807) is 0 Å². The van der Waals surface area contributed by atoms with Crippen LogP contribution >= 0.6 is 15.9 Å². The summed E-state index contributed by atoms with van der Waals surface area (Å²) < 4.78 is 5.34. The maximum atomic E-state index is 12.7. The predicted octanol–water partition coefficient (Wildman–Crippen LogP) is 5.59. The number of rotatable bonds is 8. The molecule has 4 heteroatoms. The summed E-state index contributed by atoms with van der Waals surface area (Å²) in [6.45, 7) is 2.15. The molecule has 3 nitrogen and oxygen atoms in total. The van der Waals surface area contributed by atoms with Crippen molar-refractivity contribution < 1.29 is 9.53 Å². The fourth-order valence-electron chi connectivity index (χ4n) is 3.07. The van der Waals surface area contributed by atoms with Gasteiger partial charge in [-0.05, 0) is 18.1 Å². The number of nitrogens with zero attached hydrogens (tertiary/aromatic N) is 1. The molecule has 0 fully saturated rings. The van der Waals surface area contributed by atoms with Crippen LogP contribution in [0.5, 0.6) is 0 Å². The van der Waals surface area contributed by atoms with Crippen molar-refractivity contribution in [1.82, 2.24) is 0 Å². The summed E-state index contributed by atoms with van der Waals surface area (Å²) in [4.78, 5) is 17.6. The normalized spacial score (nSPS) is 11.5. The number of benzene rings is 3. The van der Waals surface area contributed by atoms with Gasteiger partial charge in [0.25, 0.3) is 0 Å². The minimum absolute atomic E-state index is 0.304. The molecule has 0 aromatic heterocycles. The molecular weight excluding hydrogens is 426 g/mol. The molecular formula is C25H24BrNO2. The molecule has 148 valence electrons. The lowest BCUT2D eigenvalue weighted by Gasteiger charge is -2.15. The van der Waals surface area contributed by atoms with Gasteiger partial charge in [-0.25, -0.2) is 4.79 Å². The molecule has 0 heterocycles. The van der Waals surface area contributed by atoms with Gasteiger partial charge in [-0.2, -0.15) is 0 Å². The first-order valence-electron chi connectivity index (χ1n) is 9.70. The van der Waals surface area contributed by atoms with Gasteiger partial charge in [0.1, 0.15) is 0 Å². The van der Waals surface area contributed by atoms with Crippen molar-refractivity contribution in [3.8, 4) is 0 Å². The van der Waals surface area contributed by atoms with E-state index in [1.165, 1.54) is 5.56 Å². The number of halogens is 1. The van der Waals surface area contributed by atoms with Crippen LogP contribution in [0.15, 0.2) is 89.9 Å². The maximum absolute atomic E-state index is 12.7. The summed E-state index contributed by atoms with van der Waals surface area (Å²) in [6, 6.07) is 27.5. The second kappa shape index (κ2) is 10.7. The third kappa shape index (κ3) is 5.88. The molecule has 0 amide bonds. The van der Waals surface area contributed by atoms with Crippen LogP contribution < -0.4 is 0 Å². The average Bonchev–Trinajstić information content (AvgIpc) is 2.78. The lowest BCUT2D eigenvalue weighted by atomic mass is 10.0. The number of alkyl halides is 1. The molecule has 29 heavy (non-hydrogen) atoms. The minimum Gasteiger partial charge on any atom is -0.464 e. The molecule has 0 spiro atoms. The fraction of sp³-hybridized carbons (Fsp3) is 0.200. The highest BCUT2D eigenvalue weighted by atomic mass is 79.9. The number of hydrogen-bond acceptors (Lipinski definition) is 3. The maximum Gasteiger partial charge on any atom is 0.331 e. The molecule has 0 aliphatic rings. The van der Waals surface area contributed by atoms with E-state index in [4.69, 9.17) is 9.73 Å². The summed E-state index contributed by atoms with van der Waals surface area (Å²) in [5.74, 6) is -0.304. The van der Waals surface area contributed by atoms with E-state index in [0.29, 0.717) is 13.0 Å². The first-order valence-corrected chi connectivity index (χ1v) is 10.8. The smallest absolute Gasteiger partial charge is 0.331 e. The highest BCUT2D eigenvalue weighted by Crippen LogP contribution is 2.16. The van der Waals surface area contributed by atoms with Crippen molar-refractivity contribution in [3.63, 3.8) is 0 Å². The lowest BCUT2D eigenvalue weighted by Crippen LogP contribution is -2.26. The van der Waals surface area contributed by atoms with Gasteiger partial charge >= 0.3 is 5.97 Å². The fourth-order valence-corrected chi connectivity index (χ4v) is 3.45. The van der Waals surface area contributed by atoms with E-state index in [1.807, 2.05) is 79.7 Å². The van der Waals surface area contributed by atoms with Crippen LogP contribution in [0.25, 0.3) is 0 Å². The van der Waals surface area contributed by atoms with E-state index in [2.05, 4.69) is 28.1 Å². The Balaban J connectivity index is 2.00. The summed E-state index contributed by atoms with van der Waals surface area (Å²) in [6.07, 6.45) is 0.491. The van der Waals surface area contributed by atoms with Crippen LogP contribution in [0.1, 0.15) is 29.2 Å². The van der Waals surface area contributed by atoms with Crippen molar-refractivity contribution in [2.45, 2.75) is 24.7 Å². The van der Waals surface area contributed by atoms with Gasteiger partial charge < -0.3 is 4.74 Å². The van der Waals surface area contributed by atoms with Crippen molar-refractivity contribution in [2.75, 3.05) is 6.61 Å². The van der Waals surface area contributed by atoms with E-state index < -0.39 is 6.04 Å². The quantitative estimate of drug-likeness (QED) is 0.255. The molecule has 3 rings (SSSR count). The Kier molecular flexibility index (Phi) is 7.77. The number of esters is 1. The standard InChI is InChI=1S/C25H24BrNO2/c1-2-29-25(28)23(17-19-13-15-20(18-26)16-14-19)27-24(21-9-5-3-6-10-21)22-11-7-4-8-12-22/h3-16,23H,2,17-18H2,1H3. The Labute approximate surface area is 180 Å². The van der Waals surface area contributed by atoms with E-state index in [0.717, 1.165) is 27.7 Å². The second-order valence-corrected chi connectivity index (χ2v) is 7.19. The Hall–Kier alpha value is -2.72. The number of ether oxygens (including phenoxy) is 1. The van der Waals surface area contributed by atoms with Crippen LogP contribution in [0.3, 0.4) is 0 Å². The van der Waals surface area contributed by atoms with Gasteiger partial charge in [0, 0.05) is 22.9 Å². The highest BCUT2D eigenvalue weighted by molar-refractivity contribution is 9.08. The molecule has 0 saturated heterocycles. The van der Waals surface area contributed by atoms with Crippen LogP contribution in [0.2, 0.25) is 0 Å². The van der Waals surface area contributed by atoms with Crippen LogP contribution in [-0.2, 0) is 21.3 Å². The molecule has 0 radical (unpaired) electrons. The molecule has 3 aromatic rings. The minimum atomic E-state index is -0.611. The van der Waals surface area contributed by atoms with Crippen LogP contribution in [-0.4, -0.2) is 24.3 Å². The van der Waals surface area contributed by atoms with E-state index in [-0.39, 0.29) is 5.97 Å². The molecule has 1 atom stereocenters. The molecule has 0 bridgehead atoms. The molecule has 0 aliphatic heterocycles. The number of carbonyl (C=O) groups is 1. The molecule has 0 saturated carbocycles. The van der Waals surface area contributed by atoms with E-state index in [9.17, 15) is 4.79 Å². The third-order valence-electron chi connectivity index (χ3n) is 4.54. The largest absolute Gasteiger partial charge is 0.464 e. The van der Waals surface area contributed by atoms with Gasteiger partial charge in [0.05, 0.1) is 12.3 Å². The lowest BCUT2D eigenvalue weighted by molar-refractivity contribution is -0.144. The molecule has 0 aliphatic carbocycles. The first kappa shape index (κ1) is 21.0. The second-order valence-electron chi connectivity index (χ2n) is 6.63. The summed E-state index contributed by atoms with van der Waals surface area (Å²) >= 11 is 3.47. The monoisotopic (exact) mass is 449 g/mol. The Morgan fingerprint density at radius 2 is 1.38 bits per heavy atom. The van der Waals surface area contributed by atoms with Crippen LogP contribution in [0, 0.1) is 0 Å². The zero-order valence-electron chi connectivity index (χ0n) is 16.4. The van der Waals surface area contributed by atoms with Crippen LogP contribution in [0.4, 0.5) is 0 Å². The average molecular weight is 450 g/mol. The van der Waals surface area contributed by atoms with Gasteiger partial charge in [0.2, 0.25) is 0 Å². The van der Waals surface area contributed by atoms with Crippen molar-refractivity contribution in [3.05, 3.63) is 107 Å². The number of carbonyl (C=O) groups excluding carboxylic acids is 1. The Bertz CT molecular complexity index is 896. The van der Waals surface area contributed by atoms with Crippen molar-refractivity contribution in [1.29, 1.82) is 0 Å². The van der Waals surface area contributed by atoms with Crippen molar-refractivity contribution >= 4 is 27.6 Å². The third-order valence-corrected chi connectivity index (χ3v) is 5.19. The SMILES string of the molecule is CCOC(=O)C(Cc1ccc(CBr)cc1)N=C(c1ccccc1)c1ccccc1. The molecule has 1 unspecified atom stereocenters. The van der Waals surface area contributed by atoms with Gasteiger partial charge in [-0.1, -0.05) is 101 Å². The van der Waals surface area contributed by atoms with Gasteiger partial charge in [0.15, 0.2) is 6.04 Å². The predicted molar refractivity (Wildman–Crippen MR) is 122 cm³/mol. The Morgan fingerprint density at radius 3 is 1.86 bits per heavy atom. The molecule has 0 N–H and O–H groups in total. The van der Waals surface area contributed by atoms with Gasteiger partial charge in [-0.15, -0.1) is 0 Å². The topological polar surface area (TPSA) is 38.7 Å². The zero-order chi connectivity index (χ0) is 20.5. The van der Waals surface area contributed by atoms with E-state index >= 15 is 0 Å². The zero-order valence-corrected chi connectivity index (χ0v) is 18.0. The summed E-state index contributed by atoms with van der Waals surface area (Å²) in [7, 11) is 0. The van der Waals surface area contributed by atoms with Crippen molar-refractivity contribution in [2.24, 2.45) is 4.99 Å². The summed E-state index contributed by atoms with van der Waals surface area (Å²) in [5.41, 5.74) is 4.99. The summed E-state index contributed by atoms with van der Waals surface area (Å²) in [5, 5.41) is 0.804. The number of hydrogen-bond donors (Lipinski definition) is 0. The Morgan fingerprint density at radius 1 is 0.862 bits per heavy atom. The highest BCUT2D eigenvalue weighted by Gasteiger charge is 2.21. The van der Waals surface area contributed by atoms with Gasteiger partial charge in [-0.3, -0.25) is 4.99 Å².